The number of fused-ring (bicyclic) bond motifs is 6. The van der Waals surface area contributed by atoms with Crippen molar-refractivity contribution in [3.8, 4) is 33.6 Å². The van der Waals surface area contributed by atoms with E-state index < -0.39 is 0 Å². The van der Waals surface area contributed by atoms with Gasteiger partial charge in [0.2, 0.25) is 0 Å². The molecule has 0 saturated carbocycles. The third-order valence-electron chi connectivity index (χ3n) is 8.89. The van der Waals surface area contributed by atoms with Crippen LogP contribution >= 0.6 is 0 Å². The molecule has 0 unspecified atom stereocenters. The number of benzene rings is 7. The molecule has 44 heavy (non-hydrogen) atoms. The Hall–Kier alpha value is -5.86. The predicted octanol–water partition coefficient (Wildman–Crippen LogP) is 11.2. The molecule has 0 amide bonds. The van der Waals surface area contributed by atoms with E-state index in [1.165, 1.54) is 65.9 Å². The van der Waals surface area contributed by atoms with E-state index in [-0.39, 0.29) is 0 Å². The fourth-order valence-electron chi connectivity index (χ4n) is 6.98. The molecule has 0 aliphatic carbocycles. The van der Waals surface area contributed by atoms with Gasteiger partial charge in [-0.2, -0.15) is 0 Å². The van der Waals surface area contributed by atoms with Crippen molar-refractivity contribution < 1.29 is 0 Å². The van der Waals surface area contributed by atoms with Gasteiger partial charge in [-0.15, -0.1) is 0 Å². The lowest BCUT2D eigenvalue weighted by molar-refractivity contribution is 1.17. The number of nitrogens with zero attached hydrogens (tertiary/aromatic N) is 2. The summed E-state index contributed by atoms with van der Waals surface area (Å²) in [6.07, 6.45) is 0. The molecule has 206 valence electrons. The van der Waals surface area contributed by atoms with Gasteiger partial charge in [0.25, 0.3) is 0 Å². The van der Waals surface area contributed by atoms with E-state index in [0.29, 0.717) is 0 Å². The highest BCUT2D eigenvalue weighted by Crippen LogP contribution is 2.42. The molecule has 0 atom stereocenters. The smallest absolute Gasteiger partial charge is 0.0549 e. The summed E-state index contributed by atoms with van der Waals surface area (Å²) in [4.78, 5) is 0. The average Bonchev–Trinajstić information content (AvgIpc) is 3.60. The van der Waals surface area contributed by atoms with Crippen molar-refractivity contribution in [2.75, 3.05) is 0 Å². The van der Waals surface area contributed by atoms with E-state index in [4.69, 9.17) is 0 Å². The third kappa shape index (κ3) is 3.75. The highest BCUT2D eigenvalue weighted by molar-refractivity contribution is 6.21. The molecule has 0 saturated heterocycles. The summed E-state index contributed by atoms with van der Waals surface area (Å²) in [5, 5.41) is 5.02. The molecule has 0 aliphatic heterocycles. The molecule has 7 aromatic carbocycles. The van der Waals surface area contributed by atoms with Gasteiger partial charge in [0.05, 0.1) is 22.1 Å². The molecule has 2 heteroatoms. The van der Waals surface area contributed by atoms with Gasteiger partial charge in [-0.1, -0.05) is 121 Å². The monoisotopic (exact) mass is 560 g/mol. The van der Waals surface area contributed by atoms with Crippen molar-refractivity contribution in [3.05, 3.63) is 170 Å². The quantitative estimate of drug-likeness (QED) is 0.203. The molecule has 0 spiro atoms. The molecule has 9 rings (SSSR count). The Bertz CT molecular complexity index is 2470. The van der Waals surface area contributed by atoms with Crippen LogP contribution in [-0.4, -0.2) is 9.13 Å². The second kappa shape index (κ2) is 9.86. The van der Waals surface area contributed by atoms with E-state index in [2.05, 4.69) is 179 Å². The summed E-state index contributed by atoms with van der Waals surface area (Å²) in [6.45, 7) is 0. The first-order chi connectivity index (χ1) is 21.8. The Balaban J connectivity index is 1.43. The number of hydrogen-bond donors (Lipinski definition) is 0. The average molecular weight is 561 g/mol. The Morgan fingerprint density at radius 2 is 0.841 bits per heavy atom. The molecule has 2 heterocycles. The minimum Gasteiger partial charge on any atom is -0.309 e. The number of rotatable bonds is 4. The molecular formula is C42H28N2. The summed E-state index contributed by atoms with van der Waals surface area (Å²) < 4.78 is 4.87. The van der Waals surface area contributed by atoms with E-state index in [9.17, 15) is 0 Å². The topological polar surface area (TPSA) is 9.86 Å². The zero-order valence-electron chi connectivity index (χ0n) is 24.1. The van der Waals surface area contributed by atoms with Crippen LogP contribution in [0, 0.1) is 0 Å². The van der Waals surface area contributed by atoms with E-state index in [1.807, 2.05) is 0 Å². The van der Waals surface area contributed by atoms with Crippen molar-refractivity contribution in [2.24, 2.45) is 0 Å². The van der Waals surface area contributed by atoms with Crippen molar-refractivity contribution in [1.82, 2.24) is 9.13 Å². The predicted molar refractivity (Wildman–Crippen MR) is 186 cm³/mol. The van der Waals surface area contributed by atoms with Gasteiger partial charge < -0.3 is 9.13 Å². The minimum atomic E-state index is 1.16. The minimum absolute atomic E-state index is 1.16. The third-order valence-corrected chi connectivity index (χ3v) is 8.89. The van der Waals surface area contributed by atoms with Crippen molar-refractivity contribution >= 4 is 43.6 Å². The summed E-state index contributed by atoms with van der Waals surface area (Å²) in [6, 6.07) is 61.4. The lowest BCUT2D eigenvalue weighted by Gasteiger charge is -2.11. The number of para-hydroxylation sites is 2. The van der Waals surface area contributed by atoms with Gasteiger partial charge in [-0.3, -0.25) is 0 Å². The SMILES string of the molecule is c1ccc(-c2cccc(-n3c4ccccc4c4cc5c(cc43)c3c(-c4ccccc4)cccc3n5-c3ccccc3)c2)cc1. The van der Waals surface area contributed by atoms with Gasteiger partial charge in [-0.05, 0) is 70.8 Å². The first-order valence-corrected chi connectivity index (χ1v) is 15.1. The molecule has 0 fully saturated rings. The second-order valence-corrected chi connectivity index (χ2v) is 11.4. The maximum atomic E-state index is 2.44. The Labute approximate surface area is 255 Å². The lowest BCUT2D eigenvalue weighted by Crippen LogP contribution is -1.95. The lowest BCUT2D eigenvalue weighted by atomic mass is 9.99. The highest BCUT2D eigenvalue weighted by atomic mass is 15.0. The van der Waals surface area contributed by atoms with Crippen LogP contribution in [0.1, 0.15) is 0 Å². The van der Waals surface area contributed by atoms with Crippen LogP contribution in [-0.2, 0) is 0 Å². The van der Waals surface area contributed by atoms with Crippen molar-refractivity contribution in [1.29, 1.82) is 0 Å². The molecule has 0 N–H and O–H groups in total. The van der Waals surface area contributed by atoms with Gasteiger partial charge in [0.1, 0.15) is 0 Å². The maximum absolute atomic E-state index is 2.44. The normalized spacial score (nSPS) is 11.6. The van der Waals surface area contributed by atoms with Crippen LogP contribution in [0.4, 0.5) is 0 Å². The van der Waals surface area contributed by atoms with Gasteiger partial charge in [0.15, 0.2) is 0 Å². The van der Waals surface area contributed by atoms with Crippen molar-refractivity contribution in [3.63, 3.8) is 0 Å². The number of aromatic nitrogens is 2. The first-order valence-electron chi connectivity index (χ1n) is 15.1. The zero-order valence-corrected chi connectivity index (χ0v) is 24.1. The largest absolute Gasteiger partial charge is 0.309 e. The Morgan fingerprint density at radius 3 is 1.64 bits per heavy atom. The zero-order chi connectivity index (χ0) is 29.0. The summed E-state index contributed by atoms with van der Waals surface area (Å²) >= 11 is 0. The molecule has 0 radical (unpaired) electrons. The second-order valence-electron chi connectivity index (χ2n) is 11.4. The van der Waals surface area contributed by atoms with E-state index in [1.54, 1.807) is 0 Å². The molecule has 0 bridgehead atoms. The van der Waals surface area contributed by atoms with E-state index >= 15 is 0 Å². The maximum Gasteiger partial charge on any atom is 0.0549 e. The van der Waals surface area contributed by atoms with Gasteiger partial charge >= 0.3 is 0 Å². The molecular weight excluding hydrogens is 532 g/mol. The summed E-state index contributed by atoms with van der Waals surface area (Å²) in [5.74, 6) is 0. The van der Waals surface area contributed by atoms with Crippen LogP contribution in [0.25, 0.3) is 77.2 Å². The highest BCUT2D eigenvalue weighted by Gasteiger charge is 2.20. The Kier molecular flexibility index (Phi) is 5.54. The van der Waals surface area contributed by atoms with Crippen LogP contribution < -0.4 is 0 Å². The standard InChI is InChI=1S/C42H28N2/c1-4-14-29(15-5-1)31-18-12-21-33(26-31)44-38-24-11-10-22-35(38)36-27-41-37(28-40(36)44)42-34(30-16-6-2-7-17-30)23-13-25-39(42)43(41)32-19-8-3-9-20-32/h1-28H. The van der Waals surface area contributed by atoms with Crippen LogP contribution in [0.15, 0.2) is 170 Å². The molecule has 2 nitrogen and oxygen atoms in total. The van der Waals surface area contributed by atoms with Crippen molar-refractivity contribution in [2.45, 2.75) is 0 Å². The first kappa shape index (κ1) is 24.7. The molecule has 9 aromatic rings. The van der Waals surface area contributed by atoms with Crippen LogP contribution in [0.2, 0.25) is 0 Å². The number of hydrogen-bond acceptors (Lipinski definition) is 0. The summed E-state index contributed by atoms with van der Waals surface area (Å²) in [5.41, 5.74) is 12.1. The fourth-order valence-corrected chi connectivity index (χ4v) is 6.98. The van der Waals surface area contributed by atoms with Crippen LogP contribution in [0.5, 0.6) is 0 Å². The van der Waals surface area contributed by atoms with Gasteiger partial charge in [-0.25, -0.2) is 0 Å². The van der Waals surface area contributed by atoms with E-state index in [0.717, 1.165) is 11.4 Å². The molecule has 0 aliphatic rings. The van der Waals surface area contributed by atoms with Crippen LogP contribution in [0.3, 0.4) is 0 Å². The summed E-state index contributed by atoms with van der Waals surface area (Å²) in [7, 11) is 0. The molecule has 2 aromatic heterocycles. The Morgan fingerprint density at radius 1 is 0.295 bits per heavy atom. The fraction of sp³-hybridized carbons (Fsp3) is 0. The van der Waals surface area contributed by atoms with Gasteiger partial charge in [0, 0.05) is 32.9 Å².